The summed E-state index contributed by atoms with van der Waals surface area (Å²) in [6, 6.07) is 7.94. The second kappa shape index (κ2) is 7.98. The van der Waals surface area contributed by atoms with Crippen molar-refractivity contribution in [1.82, 2.24) is 9.88 Å². The van der Waals surface area contributed by atoms with E-state index in [0.717, 1.165) is 14.9 Å². The lowest BCUT2D eigenvalue weighted by Crippen LogP contribution is -2.36. The third-order valence-electron chi connectivity index (χ3n) is 4.08. The molecule has 1 fully saturated rings. The zero-order valence-corrected chi connectivity index (χ0v) is 17.9. The summed E-state index contributed by atoms with van der Waals surface area (Å²) in [7, 11) is 0. The average Bonchev–Trinajstić information content (AvgIpc) is 3.23. The number of amides is 2. The lowest BCUT2D eigenvalue weighted by molar-refractivity contribution is -0.119. The van der Waals surface area contributed by atoms with Crippen LogP contribution in [0.5, 0.6) is 0 Å². The third kappa shape index (κ3) is 5.29. The highest BCUT2D eigenvalue weighted by Gasteiger charge is 2.33. The summed E-state index contributed by atoms with van der Waals surface area (Å²) in [5.74, 6) is -0.365. The number of anilines is 1. The van der Waals surface area contributed by atoms with E-state index in [1.165, 1.54) is 11.3 Å². The van der Waals surface area contributed by atoms with Crippen LogP contribution in [0.3, 0.4) is 0 Å². The number of carbonyl (C=O) groups excluding carboxylic acids is 2. The summed E-state index contributed by atoms with van der Waals surface area (Å²) in [6.07, 6.45) is 2.01. The van der Waals surface area contributed by atoms with Crippen LogP contribution >= 0.6 is 27.3 Å². The summed E-state index contributed by atoms with van der Waals surface area (Å²) in [4.78, 5) is 31.5. The molecule has 8 heteroatoms. The van der Waals surface area contributed by atoms with E-state index >= 15 is 0 Å². The second-order valence-corrected chi connectivity index (χ2v) is 9.38. The monoisotopic (exact) mass is 451 g/mol. The first kappa shape index (κ1) is 19.8. The van der Waals surface area contributed by atoms with Gasteiger partial charge in [0.05, 0.1) is 10.8 Å². The quantitative estimate of drug-likeness (QED) is 0.729. The Morgan fingerprint density at radius 2 is 2.00 bits per heavy atom. The van der Waals surface area contributed by atoms with Crippen LogP contribution in [0.1, 0.15) is 27.2 Å². The molecule has 2 aromatic rings. The summed E-state index contributed by atoms with van der Waals surface area (Å²) < 4.78 is 6.38. The molecule has 1 aromatic carbocycles. The molecule has 1 saturated heterocycles. The van der Waals surface area contributed by atoms with Crippen LogP contribution in [0.2, 0.25) is 0 Å². The van der Waals surface area contributed by atoms with E-state index in [4.69, 9.17) is 4.74 Å². The van der Waals surface area contributed by atoms with Gasteiger partial charge in [-0.05, 0) is 44.9 Å². The number of nitrogens with zero attached hydrogens (tertiary/aromatic N) is 2. The molecule has 0 aliphatic carbocycles. The third-order valence-corrected chi connectivity index (χ3v) is 5.57. The fourth-order valence-corrected chi connectivity index (χ4v) is 3.84. The Hall–Kier alpha value is -1.93. The minimum atomic E-state index is -0.540. The topological polar surface area (TPSA) is 71.5 Å². The maximum Gasteiger partial charge on any atom is 0.410 e. The molecule has 1 aliphatic heterocycles. The fraction of sp³-hybridized carbons (Fsp3) is 0.421. The van der Waals surface area contributed by atoms with Crippen LogP contribution in [-0.2, 0) is 9.53 Å². The number of halogens is 1. The molecule has 1 aromatic heterocycles. The summed E-state index contributed by atoms with van der Waals surface area (Å²) >= 11 is 4.85. The minimum Gasteiger partial charge on any atom is -0.444 e. The lowest BCUT2D eigenvalue weighted by Gasteiger charge is -2.24. The summed E-state index contributed by atoms with van der Waals surface area (Å²) in [6.45, 7) is 6.38. The van der Waals surface area contributed by atoms with Gasteiger partial charge in [0, 0.05) is 23.8 Å². The number of hydrogen-bond donors (Lipinski definition) is 1. The van der Waals surface area contributed by atoms with Crippen LogP contribution in [0, 0.1) is 5.92 Å². The molecule has 0 saturated carbocycles. The van der Waals surface area contributed by atoms with Gasteiger partial charge < -0.3 is 15.0 Å². The first-order chi connectivity index (χ1) is 12.7. The Kier molecular flexibility index (Phi) is 5.86. The molecule has 6 nitrogen and oxygen atoms in total. The predicted octanol–water partition coefficient (Wildman–Crippen LogP) is 4.77. The van der Waals surface area contributed by atoms with E-state index < -0.39 is 5.60 Å². The lowest BCUT2D eigenvalue weighted by atomic mass is 10.1. The van der Waals surface area contributed by atoms with Crippen LogP contribution in [0.15, 0.2) is 34.9 Å². The van der Waals surface area contributed by atoms with Gasteiger partial charge in [0.2, 0.25) is 5.91 Å². The number of ether oxygens (including phenoxy) is 1. The van der Waals surface area contributed by atoms with Crippen molar-refractivity contribution in [2.24, 2.45) is 5.92 Å². The van der Waals surface area contributed by atoms with Gasteiger partial charge in [-0.3, -0.25) is 4.79 Å². The maximum atomic E-state index is 12.5. The number of likely N-dealkylation sites (tertiary alicyclic amines) is 1. The number of thiazole rings is 1. The van der Waals surface area contributed by atoms with Gasteiger partial charge in [0.25, 0.3) is 0 Å². The van der Waals surface area contributed by atoms with Gasteiger partial charge >= 0.3 is 6.09 Å². The smallest absolute Gasteiger partial charge is 0.410 e. The van der Waals surface area contributed by atoms with Crippen molar-refractivity contribution >= 4 is 44.4 Å². The van der Waals surface area contributed by atoms with Gasteiger partial charge in [-0.2, -0.15) is 0 Å². The number of aromatic nitrogens is 1. The first-order valence-electron chi connectivity index (χ1n) is 8.72. The average molecular weight is 452 g/mol. The Labute approximate surface area is 171 Å². The minimum absolute atomic E-state index is 0.113. The van der Waals surface area contributed by atoms with Gasteiger partial charge in [-0.15, -0.1) is 0 Å². The van der Waals surface area contributed by atoms with Crippen LogP contribution < -0.4 is 5.32 Å². The highest BCUT2D eigenvalue weighted by Crippen LogP contribution is 2.30. The molecule has 2 heterocycles. The molecule has 144 valence electrons. The maximum absolute atomic E-state index is 12.5. The summed E-state index contributed by atoms with van der Waals surface area (Å²) in [5.41, 5.74) is 0.509. The van der Waals surface area contributed by atoms with E-state index in [0.29, 0.717) is 24.6 Å². The van der Waals surface area contributed by atoms with Gasteiger partial charge in [0.15, 0.2) is 5.13 Å². The molecular weight excluding hydrogens is 430 g/mol. The van der Waals surface area contributed by atoms with E-state index in [2.05, 4.69) is 26.2 Å². The van der Waals surface area contributed by atoms with E-state index in [-0.39, 0.29) is 17.9 Å². The molecule has 1 N–H and O–H groups in total. The highest BCUT2D eigenvalue weighted by atomic mass is 79.9. The Morgan fingerprint density at radius 3 is 2.67 bits per heavy atom. The van der Waals surface area contributed by atoms with Crippen molar-refractivity contribution in [1.29, 1.82) is 0 Å². The molecule has 1 atom stereocenters. The molecular formula is C19H22BrN3O3S. The SMILES string of the molecule is CC(C)(C)OC(=O)N1CCC(C(=O)Nc2ncc(-c3ccc(Br)cc3)s2)C1. The zero-order chi connectivity index (χ0) is 19.6. The molecule has 0 bridgehead atoms. The first-order valence-corrected chi connectivity index (χ1v) is 10.3. The summed E-state index contributed by atoms with van der Waals surface area (Å²) in [5, 5.41) is 3.44. The number of nitrogens with one attached hydrogen (secondary N) is 1. The van der Waals surface area contributed by atoms with Crippen molar-refractivity contribution in [3.8, 4) is 10.4 Å². The molecule has 1 aliphatic rings. The van der Waals surface area contributed by atoms with Crippen LogP contribution in [0.4, 0.5) is 9.93 Å². The Bertz CT molecular complexity index is 829. The van der Waals surface area contributed by atoms with Crippen molar-refractivity contribution in [3.05, 3.63) is 34.9 Å². The van der Waals surface area contributed by atoms with Gasteiger partial charge in [-0.1, -0.05) is 39.4 Å². The second-order valence-electron chi connectivity index (χ2n) is 7.44. The number of hydrogen-bond acceptors (Lipinski definition) is 5. The number of rotatable bonds is 3. The van der Waals surface area contributed by atoms with Crippen LogP contribution in [0.25, 0.3) is 10.4 Å². The van der Waals surface area contributed by atoms with Crippen molar-refractivity contribution in [2.75, 3.05) is 18.4 Å². The van der Waals surface area contributed by atoms with Crippen LogP contribution in [-0.4, -0.2) is 40.6 Å². The Balaban J connectivity index is 1.57. The number of carbonyl (C=O) groups is 2. The molecule has 1 unspecified atom stereocenters. The van der Waals surface area contributed by atoms with Crippen molar-refractivity contribution in [3.63, 3.8) is 0 Å². The standard InChI is InChI=1S/C19H22BrN3O3S/c1-19(2,3)26-18(25)23-9-8-13(11-23)16(24)22-17-21-10-15(27-17)12-4-6-14(20)7-5-12/h4-7,10,13H,8-9,11H2,1-3H3,(H,21,22,24). The molecule has 0 radical (unpaired) electrons. The predicted molar refractivity (Wildman–Crippen MR) is 110 cm³/mol. The normalized spacial score (nSPS) is 17.0. The van der Waals surface area contributed by atoms with E-state index in [1.54, 1.807) is 11.1 Å². The largest absolute Gasteiger partial charge is 0.444 e. The fourth-order valence-electron chi connectivity index (χ4n) is 2.75. The highest BCUT2D eigenvalue weighted by molar-refractivity contribution is 9.10. The van der Waals surface area contributed by atoms with Crippen molar-refractivity contribution in [2.45, 2.75) is 32.8 Å². The van der Waals surface area contributed by atoms with Crippen molar-refractivity contribution < 1.29 is 14.3 Å². The Morgan fingerprint density at radius 1 is 1.30 bits per heavy atom. The molecule has 3 rings (SSSR count). The molecule has 27 heavy (non-hydrogen) atoms. The molecule has 2 amide bonds. The van der Waals surface area contributed by atoms with Gasteiger partial charge in [0.1, 0.15) is 5.60 Å². The van der Waals surface area contributed by atoms with E-state index in [9.17, 15) is 9.59 Å². The molecule has 0 spiro atoms. The van der Waals surface area contributed by atoms with E-state index in [1.807, 2.05) is 45.0 Å². The van der Waals surface area contributed by atoms with Gasteiger partial charge in [-0.25, -0.2) is 9.78 Å². The zero-order valence-electron chi connectivity index (χ0n) is 15.5. The number of benzene rings is 1.